The van der Waals surface area contributed by atoms with Crippen LogP contribution in [-0.4, -0.2) is 24.9 Å². The van der Waals surface area contributed by atoms with Gasteiger partial charge in [0.1, 0.15) is 17.9 Å². The maximum absolute atomic E-state index is 11.9. The second kappa shape index (κ2) is 6.81. The third kappa shape index (κ3) is 3.71. The Morgan fingerprint density at radius 3 is 2.48 bits per heavy atom. The Balaban J connectivity index is 1.74. The molecule has 1 heterocycles. The van der Waals surface area contributed by atoms with Crippen LogP contribution >= 0.6 is 0 Å². The summed E-state index contributed by atoms with van der Waals surface area (Å²) < 4.78 is 11.0. The topological polar surface area (TPSA) is 59.8 Å². The number of carbonyl (C=O) groups is 1. The first-order valence-corrected chi connectivity index (χ1v) is 7.92. The molecule has 0 bridgehead atoms. The summed E-state index contributed by atoms with van der Waals surface area (Å²) in [6.45, 7) is 2.23. The van der Waals surface area contributed by atoms with Gasteiger partial charge >= 0.3 is 5.63 Å². The van der Waals surface area contributed by atoms with Crippen LogP contribution in [0.5, 0.6) is 5.75 Å². The van der Waals surface area contributed by atoms with Gasteiger partial charge < -0.3 is 14.1 Å². The number of amides is 1. The molecule has 0 fully saturated rings. The first-order chi connectivity index (χ1) is 11.9. The van der Waals surface area contributed by atoms with Gasteiger partial charge in [0.2, 0.25) is 0 Å². The van der Waals surface area contributed by atoms with E-state index in [4.69, 9.17) is 9.15 Å². The van der Waals surface area contributed by atoms with Gasteiger partial charge in [-0.3, -0.25) is 4.79 Å². The van der Waals surface area contributed by atoms with Crippen molar-refractivity contribution in [1.29, 1.82) is 0 Å². The maximum atomic E-state index is 11.9. The lowest BCUT2D eigenvalue weighted by atomic mass is 10.1. The van der Waals surface area contributed by atoms with Crippen molar-refractivity contribution >= 4 is 16.9 Å². The minimum absolute atomic E-state index is 0.0348. The predicted molar refractivity (Wildman–Crippen MR) is 96.0 cm³/mol. The second-order valence-corrected chi connectivity index (χ2v) is 6.09. The van der Waals surface area contributed by atoms with Crippen LogP contribution in [-0.2, 0) is 6.61 Å². The molecular weight excluding hydrogens is 318 g/mol. The van der Waals surface area contributed by atoms with E-state index in [1.165, 1.54) is 11.0 Å². The van der Waals surface area contributed by atoms with Crippen LogP contribution < -0.4 is 10.4 Å². The molecule has 0 saturated carbocycles. The van der Waals surface area contributed by atoms with Crippen LogP contribution in [0.1, 0.15) is 21.5 Å². The minimum Gasteiger partial charge on any atom is -0.489 e. The van der Waals surface area contributed by atoms with Crippen LogP contribution in [0, 0.1) is 6.92 Å². The Kier molecular flexibility index (Phi) is 4.57. The van der Waals surface area contributed by atoms with Crippen molar-refractivity contribution in [2.75, 3.05) is 14.1 Å². The Morgan fingerprint density at radius 1 is 1.08 bits per heavy atom. The zero-order chi connectivity index (χ0) is 18.0. The Labute approximate surface area is 145 Å². The number of hydrogen-bond donors (Lipinski definition) is 0. The fraction of sp³-hybridized carbons (Fsp3) is 0.200. The molecular formula is C20H19NO4. The summed E-state index contributed by atoms with van der Waals surface area (Å²) in [5.74, 6) is 0.585. The van der Waals surface area contributed by atoms with Crippen molar-refractivity contribution in [2.45, 2.75) is 13.5 Å². The minimum atomic E-state index is -0.372. The molecule has 0 unspecified atom stereocenters. The van der Waals surface area contributed by atoms with E-state index in [-0.39, 0.29) is 11.5 Å². The van der Waals surface area contributed by atoms with Crippen LogP contribution in [0.3, 0.4) is 0 Å². The van der Waals surface area contributed by atoms with Crippen LogP contribution in [0.4, 0.5) is 0 Å². The molecule has 2 aromatic carbocycles. The fourth-order valence-electron chi connectivity index (χ4n) is 2.56. The molecule has 0 atom stereocenters. The van der Waals surface area contributed by atoms with Gasteiger partial charge in [0.25, 0.3) is 5.91 Å². The zero-order valence-corrected chi connectivity index (χ0v) is 14.4. The van der Waals surface area contributed by atoms with Crippen LogP contribution in [0.15, 0.2) is 57.7 Å². The highest BCUT2D eigenvalue weighted by atomic mass is 16.5. The third-order valence-corrected chi connectivity index (χ3v) is 3.94. The van der Waals surface area contributed by atoms with E-state index in [2.05, 4.69) is 0 Å². The zero-order valence-electron chi connectivity index (χ0n) is 14.4. The average molecular weight is 337 g/mol. The lowest BCUT2D eigenvalue weighted by Crippen LogP contribution is -2.21. The van der Waals surface area contributed by atoms with E-state index in [1.54, 1.807) is 32.3 Å². The summed E-state index contributed by atoms with van der Waals surface area (Å²) >= 11 is 0. The predicted octanol–water partition coefficient (Wildman–Crippen LogP) is 3.38. The molecule has 0 spiro atoms. The fourth-order valence-corrected chi connectivity index (χ4v) is 2.56. The van der Waals surface area contributed by atoms with Gasteiger partial charge in [-0.1, -0.05) is 12.1 Å². The molecule has 3 rings (SSSR count). The third-order valence-electron chi connectivity index (χ3n) is 3.94. The van der Waals surface area contributed by atoms with Gasteiger partial charge in [0, 0.05) is 37.2 Å². The normalized spacial score (nSPS) is 10.7. The highest BCUT2D eigenvalue weighted by Crippen LogP contribution is 2.23. The lowest BCUT2D eigenvalue weighted by Gasteiger charge is -2.11. The number of fused-ring (bicyclic) bond motifs is 1. The van der Waals surface area contributed by atoms with Gasteiger partial charge in [-0.15, -0.1) is 0 Å². The van der Waals surface area contributed by atoms with Crippen LogP contribution in [0.2, 0.25) is 0 Å². The molecule has 1 amide bonds. The van der Waals surface area contributed by atoms with Gasteiger partial charge in [-0.25, -0.2) is 4.79 Å². The van der Waals surface area contributed by atoms with E-state index < -0.39 is 0 Å². The first kappa shape index (κ1) is 16.8. The summed E-state index contributed by atoms with van der Waals surface area (Å²) in [6.07, 6.45) is 0. The monoisotopic (exact) mass is 337 g/mol. The number of hydrogen-bond acceptors (Lipinski definition) is 4. The molecule has 5 heteroatoms. The average Bonchev–Trinajstić information content (AvgIpc) is 2.59. The molecule has 128 valence electrons. The first-order valence-electron chi connectivity index (χ1n) is 7.92. The number of rotatable bonds is 4. The molecule has 3 aromatic rings. The molecule has 0 N–H and O–H groups in total. The summed E-state index contributed by atoms with van der Waals surface area (Å²) in [5.41, 5.74) is 2.59. The Morgan fingerprint density at radius 2 is 1.80 bits per heavy atom. The van der Waals surface area contributed by atoms with Crippen molar-refractivity contribution in [3.05, 3.63) is 75.6 Å². The van der Waals surface area contributed by atoms with Crippen molar-refractivity contribution in [3.63, 3.8) is 0 Å². The number of ether oxygens (including phenoxy) is 1. The summed E-state index contributed by atoms with van der Waals surface area (Å²) in [5, 5.41) is 0.888. The van der Waals surface area contributed by atoms with Crippen LogP contribution in [0.25, 0.3) is 11.0 Å². The van der Waals surface area contributed by atoms with Crippen molar-refractivity contribution in [1.82, 2.24) is 4.90 Å². The highest BCUT2D eigenvalue weighted by Gasteiger charge is 2.08. The molecule has 0 aliphatic carbocycles. The van der Waals surface area contributed by atoms with E-state index in [0.29, 0.717) is 23.5 Å². The standard InChI is InChI=1S/C20H19NO4/c1-13-10-19(22)25-18-11-16(8-9-17(13)18)24-12-14-4-6-15(7-5-14)20(23)21(2)3/h4-11H,12H2,1-3H3. The SMILES string of the molecule is Cc1cc(=O)oc2cc(OCc3ccc(C(=O)N(C)C)cc3)ccc12. The number of carbonyl (C=O) groups excluding carboxylic acids is 1. The van der Waals surface area contributed by atoms with Crippen molar-refractivity contribution in [2.24, 2.45) is 0 Å². The van der Waals surface area contributed by atoms with Gasteiger partial charge in [-0.05, 0) is 42.3 Å². The summed E-state index contributed by atoms with van der Waals surface area (Å²) in [6, 6.07) is 14.2. The van der Waals surface area contributed by atoms with Gasteiger partial charge in [-0.2, -0.15) is 0 Å². The molecule has 0 aliphatic heterocycles. The summed E-state index contributed by atoms with van der Waals surface area (Å²) in [7, 11) is 3.44. The summed E-state index contributed by atoms with van der Waals surface area (Å²) in [4.78, 5) is 24.9. The number of benzene rings is 2. The second-order valence-electron chi connectivity index (χ2n) is 6.09. The highest BCUT2D eigenvalue weighted by molar-refractivity contribution is 5.93. The lowest BCUT2D eigenvalue weighted by molar-refractivity contribution is 0.0827. The quantitative estimate of drug-likeness (QED) is 0.685. The molecule has 0 aliphatic rings. The molecule has 1 aromatic heterocycles. The van der Waals surface area contributed by atoms with E-state index in [9.17, 15) is 9.59 Å². The van der Waals surface area contributed by atoms with Crippen molar-refractivity contribution < 1.29 is 13.9 Å². The Bertz CT molecular complexity index is 971. The number of nitrogens with zero attached hydrogens (tertiary/aromatic N) is 1. The van der Waals surface area contributed by atoms with Gasteiger partial charge in [0.05, 0.1) is 0 Å². The van der Waals surface area contributed by atoms with E-state index >= 15 is 0 Å². The van der Waals surface area contributed by atoms with E-state index in [1.807, 2.05) is 31.2 Å². The van der Waals surface area contributed by atoms with Crippen molar-refractivity contribution in [3.8, 4) is 5.75 Å². The molecule has 5 nitrogen and oxygen atoms in total. The van der Waals surface area contributed by atoms with Gasteiger partial charge in [0.15, 0.2) is 0 Å². The number of aryl methyl sites for hydroxylation is 1. The van der Waals surface area contributed by atoms with E-state index in [0.717, 1.165) is 16.5 Å². The molecule has 0 radical (unpaired) electrons. The molecule has 25 heavy (non-hydrogen) atoms. The Hall–Kier alpha value is -3.08. The maximum Gasteiger partial charge on any atom is 0.336 e. The molecule has 0 saturated heterocycles. The smallest absolute Gasteiger partial charge is 0.336 e. The largest absolute Gasteiger partial charge is 0.489 e.